The number of aromatic nitrogens is 2. The van der Waals surface area contributed by atoms with E-state index in [2.05, 4.69) is 44.1 Å². The lowest BCUT2D eigenvalue weighted by Crippen LogP contribution is -1.92. The average Bonchev–Trinajstić information content (AvgIpc) is 2.39. The van der Waals surface area contributed by atoms with Gasteiger partial charge in [0.1, 0.15) is 5.82 Å². The van der Waals surface area contributed by atoms with Crippen LogP contribution < -0.4 is 5.73 Å². The number of nitrogen functional groups attached to an aromatic ring is 1. The molecule has 0 radical (unpaired) electrons. The maximum Gasteiger partial charge on any atom is 0.161 e. The van der Waals surface area contributed by atoms with Crippen LogP contribution in [0.15, 0.2) is 53.1 Å². The van der Waals surface area contributed by atoms with E-state index in [0.29, 0.717) is 11.5 Å². The number of nitrogens with zero attached hydrogens (tertiary/aromatic N) is 2. The highest BCUT2D eigenvalue weighted by Gasteiger charge is 2.02. The van der Waals surface area contributed by atoms with Gasteiger partial charge in [-0.25, -0.2) is 9.97 Å². The van der Waals surface area contributed by atoms with Gasteiger partial charge in [-0.05, 0) is 35.9 Å². The molecule has 3 rings (SSSR count). The van der Waals surface area contributed by atoms with Gasteiger partial charge in [-0.1, -0.05) is 28.1 Å². The Morgan fingerprint density at radius 1 is 0.944 bits per heavy atom. The second-order valence-corrected chi connectivity index (χ2v) is 4.93. The van der Waals surface area contributed by atoms with Gasteiger partial charge in [-0.15, -0.1) is 0 Å². The highest BCUT2D eigenvalue weighted by atomic mass is 79.9. The van der Waals surface area contributed by atoms with Crippen LogP contribution in [0.3, 0.4) is 0 Å². The molecular weight excluding hydrogens is 290 g/mol. The molecule has 3 aromatic rings. The van der Waals surface area contributed by atoms with E-state index < -0.39 is 0 Å². The first-order chi connectivity index (χ1) is 8.72. The summed E-state index contributed by atoms with van der Waals surface area (Å²) in [6.07, 6.45) is 1.82. The van der Waals surface area contributed by atoms with Crippen LogP contribution in [0.4, 0.5) is 5.82 Å². The van der Waals surface area contributed by atoms with Crippen LogP contribution in [0.25, 0.3) is 22.2 Å². The second kappa shape index (κ2) is 4.38. The Labute approximate surface area is 113 Å². The molecule has 0 saturated heterocycles. The predicted molar refractivity (Wildman–Crippen MR) is 77.1 cm³/mol. The average molecular weight is 300 g/mol. The van der Waals surface area contributed by atoms with Crippen molar-refractivity contribution in [3.8, 4) is 11.1 Å². The lowest BCUT2D eigenvalue weighted by Gasteiger charge is -2.03. The van der Waals surface area contributed by atoms with E-state index in [-0.39, 0.29) is 0 Å². The number of benzene rings is 1. The number of anilines is 1. The lowest BCUT2D eigenvalue weighted by atomic mass is 10.1. The molecule has 0 bridgehead atoms. The fourth-order valence-corrected chi connectivity index (χ4v) is 2.09. The molecule has 2 heterocycles. The van der Waals surface area contributed by atoms with Crippen LogP contribution in [0.2, 0.25) is 0 Å². The van der Waals surface area contributed by atoms with Gasteiger partial charge in [0, 0.05) is 21.6 Å². The Bertz CT molecular complexity index is 708. The first-order valence-electron chi connectivity index (χ1n) is 5.50. The smallest absolute Gasteiger partial charge is 0.161 e. The predicted octanol–water partition coefficient (Wildman–Crippen LogP) is 3.64. The molecule has 0 fully saturated rings. The molecule has 0 aliphatic heterocycles. The minimum Gasteiger partial charge on any atom is -0.384 e. The summed E-state index contributed by atoms with van der Waals surface area (Å²) in [6.45, 7) is 0. The summed E-state index contributed by atoms with van der Waals surface area (Å²) in [5.41, 5.74) is 8.51. The molecule has 0 aliphatic carbocycles. The molecule has 3 nitrogen and oxygen atoms in total. The molecule has 0 unspecified atom stereocenters. The normalized spacial score (nSPS) is 10.7. The van der Waals surface area contributed by atoms with Crippen molar-refractivity contribution in [1.82, 2.24) is 9.97 Å². The summed E-state index contributed by atoms with van der Waals surface area (Å²) in [5, 5.41) is 0.990. The van der Waals surface area contributed by atoms with Crippen LogP contribution >= 0.6 is 15.9 Å². The highest BCUT2D eigenvalue weighted by Crippen LogP contribution is 2.24. The van der Waals surface area contributed by atoms with Crippen molar-refractivity contribution in [3.63, 3.8) is 0 Å². The van der Waals surface area contributed by atoms with Crippen molar-refractivity contribution in [2.45, 2.75) is 0 Å². The third kappa shape index (κ3) is 2.07. The summed E-state index contributed by atoms with van der Waals surface area (Å²) in [6, 6.07) is 13.9. The Balaban J connectivity index is 2.13. The SMILES string of the molecule is Nc1ccc2cc(-c3ccc(Br)cc3)cnc2n1. The van der Waals surface area contributed by atoms with E-state index in [1.165, 1.54) is 0 Å². The van der Waals surface area contributed by atoms with Crippen molar-refractivity contribution in [2.24, 2.45) is 0 Å². The first-order valence-corrected chi connectivity index (χ1v) is 6.30. The zero-order valence-corrected chi connectivity index (χ0v) is 11.1. The van der Waals surface area contributed by atoms with Crippen LogP contribution in [-0.2, 0) is 0 Å². The van der Waals surface area contributed by atoms with Crippen molar-refractivity contribution in [2.75, 3.05) is 5.73 Å². The number of halogens is 1. The molecule has 18 heavy (non-hydrogen) atoms. The van der Waals surface area contributed by atoms with Crippen LogP contribution in [0.1, 0.15) is 0 Å². The summed E-state index contributed by atoms with van der Waals surface area (Å²) in [7, 11) is 0. The zero-order chi connectivity index (χ0) is 12.5. The van der Waals surface area contributed by atoms with Gasteiger partial charge in [0.2, 0.25) is 0 Å². The van der Waals surface area contributed by atoms with E-state index in [0.717, 1.165) is 21.0 Å². The lowest BCUT2D eigenvalue weighted by molar-refractivity contribution is 1.29. The molecule has 1 aromatic carbocycles. The molecule has 2 aromatic heterocycles. The number of hydrogen-bond acceptors (Lipinski definition) is 3. The minimum atomic E-state index is 0.492. The van der Waals surface area contributed by atoms with Gasteiger partial charge in [-0.3, -0.25) is 0 Å². The largest absolute Gasteiger partial charge is 0.384 e. The maximum atomic E-state index is 5.63. The van der Waals surface area contributed by atoms with Gasteiger partial charge in [0.15, 0.2) is 5.65 Å². The van der Waals surface area contributed by atoms with E-state index in [1.807, 2.05) is 24.4 Å². The summed E-state index contributed by atoms with van der Waals surface area (Å²) in [5.74, 6) is 0.492. The molecule has 0 aliphatic rings. The number of pyridine rings is 2. The zero-order valence-electron chi connectivity index (χ0n) is 9.47. The van der Waals surface area contributed by atoms with E-state index in [9.17, 15) is 0 Å². The number of fused-ring (bicyclic) bond motifs is 1. The van der Waals surface area contributed by atoms with E-state index in [4.69, 9.17) is 5.73 Å². The Kier molecular flexibility index (Phi) is 2.72. The number of hydrogen-bond donors (Lipinski definition) is 1. The Hall–Kier alpha value is -1.94. The molecule has 0 spiro atoms. The van der Waals surface area contributed by atoms with E-state index >= 15 is 0 Å². The number of rotatable bonds is 1. The van der Waals surface area contributed by atoms with Crippen molar-refractivity contribution in [1.29, 1.82) is 0 Å². The Morgan fingerprint density at radius 2 is 1.72 bits per heavy atom. The standard InChI is InChI=1S/C14H10BrN3/c15-12-4-1-9(2-5-12)11-7-10-3-6-13(16)18-14(10)17-8-11/h1-8H,(H2,16,17,18). The summed E-state index contributed by atoms with van der Waals surface area (Å²) in [4.78, 5) is 8.52. The Morgan fingerprint density at radius 3 is 2.50 bits per heavy atom. The second-order valence-electron chi connectivity index (χ2n) is 4.01. The molecule has 0 atom stereocenters. The number of nitrogens with two attached hydrogens (primary N) is 1. The molecule has 0 saturated carbocycles. The van der Waals surface area contributed by atoms with Crippen molar-refractivity contribution >= 4 is 32.8 Å². The van der Waals surface area contributed by atoms with Gasteiger partial charge in [0.05, 0.1) is 0 Å². The van der Waals surface area contributed by atoms with E-state index in [1.54, 1.807) is 6.07 Å². The van der Waals surface area contributed by atoms with Gasteiger partial charge in [-0.2, -0.15) is 0 Å². The van der Waals surface area contributed by atoms with Crippen LogP contribution in [0, 0.1) is 0 Å². The van der Waals surface area contributed by atoms with Gasteiger partial charge < -0.3 is 5.73 Å². The maximum absolute atomic E-state index is 5.63. The quantitative estimate of drug-likeness (QED) is 0.746. The minimum absolute atomic E-state index is 0.492. The first kappa shape index (κ1) is 11.2. The van der Waals surface area contributed by atoms with Crippen molar-refractivity contribution < 1.29 is 0 Å². The fourth-order valence-electron chi connectivity index (χ4n) is 1.83. The van der Waals surface area contributed by atoms with Crippen molar-refractivity contribution in [3.05, 3.63) is 53.1 Å². The monoisotopic (exact) mass is 299 g/mol. The molecule has 2 N–H and O–H groups in total. The van der Waals surface area contributed by atoms with Crippen LogP contribution in [0.5, 0.6) is 0 Å². The molecule has 0 amide bonds. The third-order valence-electron chi connectivity index (χ3n) is 2.74. The molecule has 88 valence electrons. The molecule has 4 heteroatoms. The fraction of sp³-hybridized carbons (Fsp3) is 0. The molecular formula is C14H10BrN3. The van der Waals surface area contributed by atoms with Gasteiger partial charge in [0.25, 0.3) is 0 Å². The topological polar surface area (TPSA) is 51.8 Å². The summed E-state index contributed by atoms with van der Waals surface area (Å²) < 4.78 is 1.06. The van der Waals surface area contributed by atoms with Gasteiger partial charge >= 0.3 is 0 Å². The third-order valence-corrected chi connectivity index (χ3v) is 3.27. The summed E-state index contributed by atoms with van der Waals surface area (Å²) >= 11 is 3.43. The van der Waals surface area contributed by atoms with Crippen LogP contribution in [-0.4, -0.2) is 9.97 Å². The highest BCUT2D eigenvalue weighted by molar-refractivity contribution is 9.10.